The van der Waals surface area contributed by atoms with Gasteiger partial charge in [-0.1, -0.05) is 130 Å². The predicted octanol–water partition coefficient (Wildman–Crippen LogP) is 7.55. The minimum Gasteiger partial charge on any atom is -0.374 e. The van der Waals surface area contributed by atoms with E-state index in [2.05, 4.69) is 75.4 Å². The molecular formula is C38H42O5S. The number of benzene rings is 4. The van der Waals surface area contributed by atoms with Crippen LogP contribution in [0.25, 0.3) is 0 Å². The van der Waals surface area contributed by atoms with E-state index in [4.69, 9.17) is 18.9 Å². The summed E-state index contributed by atoms with van der Waals surface area (Å²) in [7, 11) is -1.20. The van der Waals surface area contributed by atoms with Crippen LogP contribution in [-0.4, -0.2) is 34.9 Å². The molecule has 1 unspecified atom stereocenters. The Morgan fingerprint density at radius 3 is 1.82 bits per heavy atom. The standard InChI is InChI=1S/C38H42O5S/c1-38(2,3)32-21-13-20-30-34-31(26-44(39)37(30)32)35(41-23-28-16-9-5-10-17-28)36(42-24-29-18-11-6-12-19-29)33(43-34)25-40-22-27-14-7-4-8-15-27/h4-21,31,33-36H,22-26H2,1-3H3/t31-,33-,34+,35-,36-,44?/m1/s1. The molecule has 1 fully saturated rings. The van der Waals surface area contributed by atoms with Crippen LogP contribution < -0.4 is 0 Å². The third-order valence-corrected chi connectivity index (χ3v) is 10.1. The number of hydrogen-bond acceptors (Lipinski definition) is 5. The zero-order valence-electron chi connectivity index (χ0n) is 25.8. The smallest absolute Gasteiger partial charge is 0.113 e. The molecular weight excluding hydrogens is 568 g/mol. The Morgan fingerprint density at radius 2 is 1.25 bits per heavy atom. The van der Waals surface area contributed by atoms with Crippen molar-refractivity contribution >= 4 is 10.8 Å². The third kappa shape index (κ3) is 7.06. The first-order chi connectivity index (χ1) is 21.4. The van der Waals surface area contributed by atoms with E-state index in [-0.39, 0.29) is 29.6 Å². The maximum absolute atomic E-state index is 14.1. The van der Waals surface area contributed by atoms with Gasteiger partial charge in [0.1, 0.15) is 12.2 Å². The molecule has 0 N–H and O–H groups in total. The van der Waals surface area contributed by atoms with Gasteiger partial charge >= 0.3 is 0 Å². The van der Waals surface area contributed by atoms with Crippen LogP contribution in [0.1, 0.15) is 54.7 Å². The highest BCUT2D eigenvalue weighted by Crippen LogP contribution is 2.48. The highest BCUT2D eigenvalue weighted by molar-refractivity contribution is 7.85. The largest absolute Gasteiger partial charge is 0.374 e. The van der Waals surface area contributed by atoms with E-state index in [1.807, 2.05) is 54.6 Å². The predicted molar refractivity (Wildman–Crippen MR) is 174 cm³/mol. The van der Waals surface area contributed by atoms with Gasteiger partial charge in [0.2, 0.25) is 0 Å². The summed E-state index contributed by atoms with van der Waals surface area (Å²) < 4.78 is 40.9. The fourth-order valence-corrected chi connectivity index (χ4v) is 8.26. The van der Waals surface area contributed by atoms with Crippen molar-refractivity contribution in [1.29, 1.82) is 0 Å². The highest BCUT2D eigenvalue weighted by atomic mass is 32.2. The van der Waals surface area contributed by atoms with Gasteiger partial charge < -0.3 is 18.9 Å². The number of ether oxygens (including phenoxy) is 4. The minimum absolute atomic E-state index is 0.145. The van der Waals surface area contributed by atoms with Crippen molar-refractivity contribution in [2.24, 2.45) is 5.92 Å². The van der Waals surface area contributed by atoms with Crippen molar-refractivity contribution in [2.45, 2.75) is 75.3 Å². The Hall–Kier alpha value is -3.13. The van der Waals surface area contributed by atoms with E-state index < -0.39 is 16.9 Å². The molecule has 6 heteroatoms. The normalized spacial score (nSPS) is 24.8. The van der Waals surface area contributed by atoms with Crippen LogP contribution in [0, 0.1) is 5.92 Å². The molecule has 230 valence electrons. The van der Waals surface area contributed by atoms with Gasteiger partial charge in [-0.2, -0.15) is 0 Å². The summed E-state index contributed by atoms with van der Waals surface area (Å²) in [6.07, 6.45) is -1.44. The van der Waals surface area contributed by atoms with Crippen LogP contribution in [-0.2, 0) is 55.0 Å². The van der Waals surface area contributed by atoms with Gasteiger partial charge in [0.25, 0.3) is 0 Å². The molecule has 4 aromatic rings. The van der Waals surface area contributed by atoms with E-state index in [0.29, 0.717) is 32.2 Å². The van der Waals surface area contributed by atoms with Crippen LogP contribution in [0.4, 0.5) is 0 Å². The lowest BCUT2D eigenvalue weighted by molar-refractivity contribution is -0.244. The first kappa shape index (κ1) is 30.9. The Morgan fingerprint density at radius 1 is 0.705 bits per heavy atom. The first-order valence-electron chi connectivity index (χ1n) is 15.5. The second-order valence-electron chi connectivity index (χ2n) is 12.8. The van der Waals surface area contributed by atoms with Gasteiger partial charge in [0.05, 0.1) is 49.4 Å². The Bertz CT molecular complexity index is 1520. The van der Waals surface area contributed by atoms with E-state index in [9.17, 15) is 4.21 Å². The summed E-state index contributed by atoms with van der Waals surface area (Å²) in [5.74, 6) is 0.306. The van der Waals surface area contributed by atoms with Crippen LogP contribution in [0.3, 0.4) is 0 Å². The summed E-state index contributed by atoms with van der Waals surface area (Å²) >= 11 is 0. The lowest BCUT2D eigenvalue weighted by Gasteiger charge is -2.49. The molecule has 0 aromatic heterocycles. The van der Waals surface area contributed by atoms with Gasteiger partial charge in [-0.15, -0.1) is 0 Å². The van der Waals surface area contributed by atoms with Gasteiger partial charge in [-0.05, 0) is 33.2 Å². The summed E-state index contributed by atoms with van der Waals surface area (Å²) in [6, 6.07) is 36.8. The maximum atomic E-state index is 14.1. The molecule has 1 saturated heterocycles. The van der Waals surface area contributed by atoms with E-state index in [0.717, 1.165) is 32.7 Å². The van der Waals surface area contributed by atoms with Gasteiger partial charge in [-0.3, -0.25) is 4.21 Å². The molecule has 6 atom stereocenters. The van der Waals surface area contributed by atoms with Crippen molar-refractivity contribution in [2.75, 3.05) is 12.4 Å². The monoisotopic (exact) mass is 610 g/mol. The molecule has 2 aliphatic rings. The van der Waals surface area contributed by atoms with Crippen molar-refractivity contribution in [3.05, 3.63) is 137 Å². The fraction of sp³-hybridized carbons (Fsp3) is 0.368. The zero-order valence-corrected chi connectivity index (χ0v) is 26.6. The lowest BCUT2D eigenvalue weighted by atomic mass is 9.80. The summed E-state index contributed by atoms with van der Waals surface area (Å²) in [5.41, 5.74) is 5.22. The molecule has 6 rings (SSSR count). The van der Waals surface area contributed by atoms with Crippen molar-refractivity contribution in [1.82, 2.24) is 0 Å². The average molecular weight is 611 g/mol. The van der Waals surface area contributed by atoms with E-state index in [1.54, 1.807) is 0 Å². The zero-order chi connectivity index (χ0) is 30.5. The summed E-state index contributed by atoms with van der Waals surface area (Å²) in [4.78, 5) is 0.913. The molecule has 0 saturated carbocycles. The molecule has 4 aromatic carbocycles. The second kappa shape index (κ2) is 13.9. The summed E-state index contributed by atoms with van der Waals surface area (Å²) in [5, 5.41) is 0. The molecule has 2 heterocycles. The Kier molecular flexibility index (Phi) is 9.74. The lowest BCUT2D eigenvalue weighted by Crippen LogP contribution is -2.57. The topological polar surface area (TPSA) is 54.0 Å². The fourth-order valence-electron chi connectivity index (χ4n) is 6.32. The summed E-state index contributed by atoms with van der Waals surface area (Å²) in [6.45, 7) is 8.19. The second-order valence-corrected chi connectivity index (χ2v) is 14.2. The highest BCUT2D eigenvalue weighted by Gasteiger charge is 2.51. The Labute approximate surface area is 264 Å². The van der Waals surface area contributed by atoms with Crippen LogP contribution in [0.15, 0.2) is 114 Å². The average Bonchev–Trinajstić information content (AvgIpc) is 3.04. The molecule has 5 nitrogen and oxygen atoms in total. The van der Waals surface area contributed by atoms with Gasteiger partial charge in [0.15, 0.2) is 0 Å². The quantitative estimate of drug-likeness (QED) is 0.186. The van der Waals surface area contributed by atoms with E-state index >= 15 is 0 Å². The van der Waals surface area contributed by atoms with Gasteiger partial charge in [-0.25, -0.2) is 0 Å². The molecule has 0 amide bonds. The number of rotatable bonds is 10. The first-order valence-corrected chi connectivity index (χ1v) is 16.8. The molecule has 0 spiro atoms. The van der Waals surface area contributed by atoms with Gasteiger partial charge in [0, 0.05) is 16.6 Å². The SMILES string of the molecule is CC(C)(C)c1cccc2c1S(=O)C[C@H]1[C@@H](OCc3ccccc3)[C@H](OCc3ccccc3)[C@@H](COCc3ccccc3)O[C@@H]21. The Balaban J connectivity index is 1.35. The van der Waals surface area contributed by atoms with Crippen molar-refractivity contribution in [3.8, 4) is 0 Å². The van der Waals surface area contributed by atoms with Crippen molar-refractivity contribution in [3.63, 3.8) is 0 Å². The van der Waals surface area contributed by atoms with Crippen LogP contribution >= 0.6 is 0 Å². The minimum atomic E-state index is -1.20. The third-order valence-electron chi connectivity index (χ3n) is 8.52. The van der Waals surface area contributed by atoms with Crippen LogP contribution in [0.2, 0.25) is 0 Å². The molecule has 0 radical (unpaired) electrons. The molecule has 0 bridgehead atoms. The number of fused-ring (bicyclic) bond motifs is 3. The maximum Gasteiger partial charge on any atom is 0.113 e. The molecule has 44 heavy (non-hydrogen) atoms. The van der Waals surface area contributed by atoms with E-state index in [1.165, 1.54) is 0 Å². The number of hydrogen-bond donors (Lipinski definition) is 0. The molecule has 0 aliphatic carbocycles. The molecule has 2 aliphatic heterocycles. The van der Waals surface area contributed by atoms with Crippen molar-refractivity contribution < 1.29 is 23.2 Å². The van der Waals surface area contributed by atoms with Crippen LogP contribution in [0.5, 0.6) is 0 Å².